The standard InChI is InChI=1S/C13H19ClN2O3S/c1-16-6-5-10(9-16)8-15-20(17,18)11-3-4-13(19-2)12(14)7-11/h3-4,7,10,15H,5-6,8-9H2,1-2H3. The van der Waals surface area contributed by atoms with Crippen LogP contribution in [0.15, 0.2) is 23.1 Å². The summed E-state index contributed by atoms with van der Waals surface area (Å²) in [5.74, 6) is 0.825. The summed E-state index contributed by atoms with van der Waals surface area (Å²) in [5, 5.41) is 0.288. The molecule has 1 aliphatic rings. The molecule has 7 heteroatoms. The van der Waals surface area contributed by atoms with Gasteiger partial charge in [-0.2, -0.15) is 0 Å². The van der Waals surface area contributed by atoms with Crippen molar-refractivity contribution < 1.29 is 13.2 Å². The molecule has 1 saturated heterocycles. The zero-order chi connectivity index (χ0) is 14.8. The molecule has 1 unspecified atom stereocenters. The molecule has 0 aromatic heterocycles. The van der Waals surface area contributed by atoms with Gasteiger partial charge in [-0.3, -0.25) is 0 Å². The Morgan fingerprint density at radius 2 is 2.25 bits per heavy atom. The van der Waals surface area contributed by atoms with Crippen LogP contribution in [0.3, 0.4) is 0 Å². The summed E-state index contributed by atoms with van der Waals surface area (Å²) in [6.07, 6.45) is 1.02. The van der Waals surface area contributed by atoms with Crippen molar-refractivity contribution in [1.29, 1.82) is 0 Å². The second-order valence-electron chi connectivity index (χ2n) is 5.07. The summed E-state index contributed by atoms with van der Waals surface area (Å²) in [4.78, 5) is 2.36. The Balaban J connectivity index is 2.04. The maximum Gasteiger partial charge on any atom is 0.240 e. The van der Waals surface area contributed by atoms with Crippen molar-refractivity contribution in [1.82, 2.24) is 9.62 Å². The Morgan fingerprint density at radius 1 is 1.50 bits per heavy atom. The van der Waals surface area contributed by atoms with E-state index >= 15 is 0 Å². The number of likely N-dealkylation sites (tertiary alicyclic amines) is 1. The van der Waals surface area contributed by atoms with Crippen molar-refractivity contribution in [3.8, 4) is 5.75 Å². The molecule has 20 heavy (non-hydrogen) atoms. The van der Waals surface area contributed by atoms with Crippen molar-refractivity contribution in [3.05, 3.63) is 23.2 Å². The van der Waals surface area contributed by atoms with Gasteiger partial charge in [0.1, 0.15) is 5.75 Å². The van der Waals surface area contributed by atoms with Crippen LogP contribution in [0.2, 0.25) is 5.02 Å². The van der Waals surface area contributed by atoms with Gasteiger partial charge in [0.05, 0.1) is 17.0 Å². The van der Waals surface area contributed by atoms with E-state index < -0.39 is 10.0 Å². The van der Waals surface area contributed by atoms with E-state index in [4.69, 9.17) is 16.3 Å². The van der Waals surface area contributed by atoms with Gasteiger partial charge in [0.25, 0.3) is 0 Å². The van der Waals surface area contributed by atoms with Gasteiger partial charge in [0.2, 0.25) is 10.0 Å². The van der Waals surface area contributed by atoms with E-state index in [-0.39, 0.29) is 9.92 Å². The normalized spacial score (nSPS) is 20.2. The van der Waals surface area contributed by atoms with Gasteiger partial charge in [0, 0.05) is 13.1 Å². The lowest BCUT2D eigenvalue weighted by Crippen LogP contribution is -2.30. The summed E-state index contributed by atoms with van der Waals surface area (Å²) in [6.45, 7) is 2.39. The van der Waals surface area contributed by atoms with Crippen molar-refractivity contribution in [3.63, 3.8) is 0 Å². The van der Waals surface area contributed by atoms with Crippen molar-refractivity contribution in [2.24, 2.45) is 5.92 Å². The molecule has 1 aromatic carbocycles. The molecule has 0 spiro atoms. The zero-order valence-electron chi connectivity index (χ0n) is 11.6. The highest BCUT2D eigenvalue weighted by atomic mass is 35.5. The SMILES string of the molecule is COc1ccc(S(=O)(=O)NCC2CCN(C)C2)cc1Cl. The van der Waals surface area contributed by atoms with Crippen LogP contribution in [0.25, 0.3) is 0 Å². The first-order valence-corrected chi connectivity index (χ1v) is 8.30. The molecule has 1 fully saturated rings. The van der Waals surface area contributed by atoms with Gasteiger partial charge in [-0.05, 0) is 44.1 Å². The molecule has 2 rings (SSSR count). The van der Waals surface area contributed by atoms with Gasteiger partial charge in [-0.15, -0.1) is 0 Å². The van der Waals surface area contributed by atoms with E-state index in [1.807, 2.05) is 7.05 Å². The first-order valence-electron chi connectivity index (χ1n) is 6.44. The fourth-order valence-electron chi connectivity index (χ4n) is 2.32. The molecule has 1 atom stereocenters. The Bertz CT molecular complexity index is 577. The quantitative estimate of drug-likeness (QED) is 0.895. The third-order valence-electron chi connectivity index (χ3n) is 3.48. The summed E-state index contributed by atoms with van der Waals surface area (Å²) in [7, 11) is 0.00851. The number of sulfonamides is 1. The van der Waals surface area contributed by atoms with Gasteiger partial charge in [-0.25, -0.2) is 13.1 Å². The highest BCUT2D eigenvalue weighted by molar-refractivity contribution is 7.89. The van der Waals surface area contributed by atoms with Crippen LogP contribution in [0.4, 0.5) is 0 Å². The molecule has 1 heterocycles. The topological polar surface area (TPSA) is 58.6 Å². The van der Waals surface area contributed by atoms with E-state index in [1.165, 1.54) is 19.2 Å². The number of rotatable bonds is 5. The molecular weight excluding hydrogens is 300 g/mol. The lowest BCUT2D eigenvalue weighted by atomic mass is 10.1. The average Bonchev–Trinajstić information content (AvgIpc) is 2.82. The second-order valence-corrected chi connectivity index (χ2v) is 7.24. The number of benzene rings is 1. The molecule has 112 valence electrons. The largest absolute Gasteiger partial charge is 0.495 e. The van der Waals surface area contributed by atoms with E-state index in [0.29, 0.717) is 18.2 Å². The number of halogens is 1. The molecule has 1 aliphatic heterocycles. The monoisotopic (exact) mass is 318 g/mol. The van der Waals surface area contributed by atoms with E-state index in [0.717, 1.165) is 19.5 Å². The Morgan fingerprint density at radius 3 is 2.80 bits per heavy atom. The maximum atomic E-state index is 12.2. The molecule has 0 saturated carbocycles. The Hall–Kier alpha value is -0.820. The molecule has 1 N–H and O–H groups in total. The molecule has 1 aromatic rings. The van der Waals surface area contributed by atoms with Crippen molar-refractivity contribution in [2.45, 2.75) is 11.3 Å². The number of nitrogens with one attached hydrogen (secondary N) is 1. The number of methoxy groups -OCH3 is 1. The van der Waals surface area contributed by atoms with E-state index in [9.17, 15) is 8.42 Å². The van der Waals surface area contributed by atoms with Crippen LogP contribution < -0.4 is 9.46 Å². The summed E-state index contributed by atoms with van der Waals surface area (Å²) in [5.41, 5.74) is 0. The van der Waals surface area contributed by atoms with Crippen LogP contribution >= 0.6 is 11.6 Å². The second kappa shape index (κ2) is 6.30. The van der Waals surface area contributed by atoms with Gasteiger partial charge < -0.3 is 9.64 Å². The fraction of sp³-hybridized carbons (Fsp3) is 0.538. The van der Waals surface area contributed by atoms with Crippen LogP contribution in [0.1, 0.15) is 6.42 Å². The first kappa shape index (κ1) is 15.6. The van der Waals surface area contributed by atoms with Gasteiger partial charge in [-0.1, -0.05) is 11.6 Å². The Kier molecular flexibility index (Phi) is 4.90. The highest BCUT2D eigenvalue weighted by Gasteiger charge is 2.22. The molecule has 0 radical (unpaired) electrons. The third-order valence-corrected chi connectivity index (χ3v) is 5.20. The van der Waals surface area contributed by atoms with E-state index in [1.54, 1.807) is 6.07 Å². The first-order chi connectivity index (χ1) is 9.42. The van der Waals surface area contributed by atoms with Gasteiger partial charge in [0.15, 0.2) is 0 Å². The maximum absolute atomic E-state index is 12.2. The minimum atomic E-state index is -3.52. The number of nitrogens with zero attached hydrogens (tertiary/aromatic N) is 1. The van der Waals surface area contributed by atoms with Crippen molar-refractivity contribution >= 4 is 21.6 Å². The number of hydrogen-bond acceptors (Lipinski definition) is 4. The van der Waals surface area contributed by atoms with Gasteiger partial charge >= 0.3 is 0 Å². The van der Waals surface area contributed by atoms with Crippen LogP contribution in [0, 0.1) is 5.92 Å². The van der Waals surface area contributed by atoms with E-state index in [2.05, 4.69) is 9.62 Å². The molecule has 5 nitrogen and oxygen atoms in total. The minimum Gasteiger partial charge on any atom is -0.495 e. The zero-order valence-corrected chi connectivity index (χ0v) is 13.2. The van der Waals surface area contributed by atoms with Crippen molar-refractivity contribution in [2.75, 3.05) is 33.8 Å². The average molecular weight is 319 g/mol. The molecule has 0 bridgehead atoms. The van der Waals surface area contributed by atoms with Crippen LogP contribution in [-0.4, -0.2) is 47.1 Å². The molecular formula is C13H19ClN2O3S. The number of ether oxygens (including phenoxy) is 1. The summed E-state index contributed by atoms with van der Waals surface area (Å²) in [6, 6.07) is 4.46. The molecule has 0 amide bonds. The number of hydrogen-bond donors (Lipinski definition) is 1. The fourth-order valence-corrected chi connectivity index (χ4v) is 3.78. The molecule has 0 aliphatic carbocycles. The summed E-state index contributed by atoms with van der Waals surface area (Å²) >= 11 is 5.96. The Labute approximate surface area is 124 Å². The summed E-state index contributed by atoms with van der Waals surface area (Å²) < 4.78 is 32.1. The lowest BCUT2D eigenvalue weighted by molar-refractivity contribution is 0.394. The predicted octanol–water partition coefficient (Wildman–Crippen LogP) is 1.58. The smallest absolute Gasteiger partial charge is 0.240 e. The predicted molar refractivity (Wildman–Crippen MR) is 78.8 cm³/mol. The highest BCUT2D eigenvalue weighted by Crippen LogP contribution is 2.27. The minimum absolute atomic E-state index is 0.162. The van der Waals surface area contributed by atoms with Crippen LogP contribution in [-0.2, 0) is 10.0 Å². The third kappa shape index (κ3) is 3.63. The lowest BCUT2D eigenvalue weighted by Gasteiger charge is -2.13. The van der Waals surface area contributed by atoms with Crippen LogP contribution in [0.5, 0.6) is 5.75 Å².